The van der Waals surface area contributed by atoms with Crippen LogP contribution in [0.4, 0.5) is 9.59 Å². The molecule has 398 valence electrons. The van der Waals surface area contributed by atoms with Gasteiger partial charge in [-0.3, -0.25) is 0 Å². The number of hydrogen-bond donors (Lipinski definition) is 1. The third kappa shape index (κ3) is 13.3. The van der Waals surface area contributed by atoms with Crippen molar-refractivity contribution in [3.63, 3.8) is 0 Å². The maximum absolute atomic E-state index is 13.2. The molecule has 6 unspecified atom stereocenters. The highest BCUT2D eigenvalue weighted by atomic mass is 28.3. The Morgan fingerprint density at radius 3 is 1.18 bits per heavy atom. The van der Waals surface area contributed by atoms with Crippen LogP contribution < -0.4 is 9.47 Å². The van der Waals surface area contributed by atoms with Crippen LogP contribution in [0.1, 0.15) is 91.2 Å². The Bertz CT molecular complexity index is 3180. The second-order valence-corrected chi connectivity index (χ2v) is 34.3. The van der Waals surface area contributed by atoms with Gasteiger partial charge in [0.2, 0.25) is 0 Å². The summed E-state index contributed by atoms with van der Waals surface area (Å²) in [5.41, 5.74) is 19.5. The third-order valence-electron chi connectivity index (χ3n) is 15.6. The van der Waals surface area contributed by atoms with Crippen molar-refractivity contribution >= 4 is 50.3 Å². The van der Waals surface area contributed by atoms with Crippen molar-refractivity contribution in [2.24, 2.45) is 35.5 Å². The van der Waals surface area contributed by atoms with Crippen LogP contribution >= 0.6 is 0 Å². The lowest BCUT2D eigenvalue weighted by Gasteiger charge is -2.36. The molecular formula is C68H77NO6Si2. The van der Waals surface area contributed by atoms with Crippen molar-refractivity contribution in [3.8, 4) is 78.9 Å². The Hall–Kier alpha value is -6.79. The van der Waals surface area contributed by atoms with Gasteiger partial charge in [0.15, 0.2) is 0 Å². The van der Waals surface area contributed by atoms with Gasteiger partial charge in [0.25, 0.3) is 0 Å². The molecule has 2 aliphatic carbocycles. The summed E-state index contributed by atoms with van der Waals surface area (Å²) in [6.07, 6.45) is 4.58. The number of hydrogen-bond acceptors (Lipinski definition) is 6. The number of carbonyl (C=O) groups is 2. The lowest BCUT2D eigenvalue weighted by molar-refractivity contribution is -0.0144. The maximum Gasteiger partial charge on any atom is 0.514 e. The van der Waals surface area contributed by atoms with E-state index < -0.39 is 28.5 Å². The van der Waals surface area contributed by atoms with Gasteiger partial charge in [-0.1, -0.05) is 178 Å². The maximum atomic E-state index is 13.2. The van der Waals surface area contributed by atoms with Gasteiger partial charge in [-0.05, 0) is 154 Å². The van der Waals surface area contributed by atoms with E-state index in [1.807, 2.05) is 48.5 Å². The Morgan fingerprint density at radius 1 is 0.494 bits per heavy atom. The molecule has 6 aromatic carbocycles. The molecule has 6 atom stereocenters. The summed E-state index contributed by atoms with van der Waals surface area (Å²) in [5, 5.41) is 2.13. The summed E-state index contributed by atoms with van der Waals surface area (Å²) in [7, 11) is -3.61. The monoisotopic (exact) mass is 1060 g/mol. The molecule has 2 saturated carbocycles. The van der Waals surface area contributed by atoms with Gasteiger partial charge in [0.1, 0.15) is 39.9 Å². The lowest BCUT2D eigenvalue weighted by atomic mass is 9.75. The minimum Gasteiger partial charge on any atom is -0.430 e. The summed E-state index contributed by atoms with van der Waals surface area (Å²) in [6, 6.07) is 41.4. The topological polar surface area (TPSA) is 86.9 Å². The largest absolute Gasteiger partial charge is 0.514 e. The predicted molar refractivity (Wildman–Crippen MR) is 322 cm³/mol. The Balaban J connectivity index is 1.08. The van der Waals surface area contributed by atoms with Crippen LogP contribution in [0.15, 0.2) is 121 Å². The van der Waals surface area contributed by atoms with Crippen LogP contribution in [0, 0.1) is 58.4 Å². The number of fused-ring (bicyclic) bond motifs is 3. The quantitative estimate of drug-likeness (QED) is 0.0636. The fourth-order valence-corrected chi connectivity index (χ4v) is 12.5. The number of benzene rings is 6. The first kappa shape index (κ1) is 55.0. The van der Waals surface area contributed by atoms with Crippen molar-refractivity contribution in [1.29, 1.82) is 0 Å². The molecule has 0 bridgehead atoms. The molecule has 77 heavy (non-hydrogen) atoms. The minimum absolute atomic E-state index is 0.141. The Kier molecular flexibility index (Phi) is 16.5. The van der Waals surface area contributed by atoms with E-state index in [1.165, 1.54) is 0 Å². The van der Waals surface area contributed by atoms with Crippen molar-refractivity contribution in [1.82, 2.24) is 4.98 Å². The number of rotatable bonds is 10. The van der Waals surface area contributed by atoms with Gasteiger partial charge in [0.05, 0.1) is 11.0 Å². The van der Waals surface area contributed by atoms with Crippen molar-refractivity contribution in [3.05, 3.63) is 132 Å². The van der Waals surface area contributed by atoms with Crippen LogP contribution in [0.2, 0.25) is 39.3 Å². The van der Waals surface area contributed by atoms with E-state index in [0.29, 0.717) is 47.0 Å². The van der Waals surface area contributed by atoms with Crippen LogP contribution in [-0.4, -0.2) is 45.7 Å². The summed E-state index contributed by atoms with van der Waals surface area (Å²) < 4.78 is 23.6. The average Bonchev–Trinajstić information content (AvgIpc) is 3.85. The molecule has 9 rings (SSSR count). The molecule has 2 aliphatic rings. The first-order valence-corrected chi connectivity index (χ1v) is 35.0. The summed E-state index contributed by atoms with van der Waals surface area (Å²) in [5.74, 6) is 10.8. The van der Waals surface area contributed by atoms with Gasteiger partial charge in [-0.15, -0.1) is 11.1 Å². The van der Waals surface area contributed by atoms with E-state index in [4.69, 9.17) is 18.9 Å². The standard InChI is InChI=1S/C68H77NO6Si2/c1-43(2)55-31-21-45(5)37-63(55)74-67(70)72-53-27-23-47(24-28-53)57-17-13-15-19-59(57)51-39-49(33-35-76(7,8)9)65-61(41-51)62-42-52(40-50(66(62)69-65)34-36-77(10,11)12)60-20-16-14-18-58(60)48-25-29-54(30-26-48)73-68(71)75-64-38-46(6)22-32-56(64)44(3)4/h13-20,23-30,39-46,55-56,63-64,69H,21-22,31-32,37-38H2,1-12H3. The fraction of sp³-hybridized carbons (Fsp3) is 0.382. The van der Waals surface area contributed by atoms with Gasteiger partial charge >= 0.3 is 12.3 Å². The van der Waals surface area contributed by atoms with Crippen LogP contribution in [0.3, 0.4) is 0 Å². The predicted octanol–water partition coefficient (Wildman–Crippen LogP) is 18.4. The molecule has 0 spiro atoms. The molecule has 0 aliphatic heterocycles. The van der Waals surface area contributed by atoms with Crippen LogP contribution in [0.25, 0.3) is 66.3 Å². The zero-order valence-electron chi connectivity index (χ0n) is 47.4. The SMILES string of the molecule is CC1CCC(C(C)C)C(OC(=O)Oc2ccc(-c3ccccc3-c3cc(C#C[Si](C)(C)C)c4[nH]c5c(C#C[Si](C)(C)C)cc(-c6ccccc6-c6ccc(OC(=O)OC7CC(C)CCC7C(C)C)cc6)cc5c4c3)cc2)C1. The van der Waals surface area contributed by atoms with E-state index in [2.05, 4.69) is 182 Å². The molecule has 1 heterocycles. The normalized spacial score (nSPS) is 19.8. The van der Waals surface area contributed by atoms with E-state index in [0.717, 1.165) is 116 Å². The second-order valence-electron chi connectivity index (χ2n) is 24.8. The highest BCUT2D eigenvalue weighted by molar-refractivity contribution is 6.84. The number of ether oxygens (including phenoxy) is 4. The zero-order chi connectivity index (χ0) is 54.8. The zero-order valence-corrected chi connectivity index (χ0v) is 49.4. The highest BCUT2D eigenvalue weighted by Crippen LogP contribution is 2.42. The number of aromatic nitrogens is 1. The van der Waals surface area contributed by atoms with Gasteiger partial charge in [0, 0.05) is 21.9 Å². The third-order valence-corrected chi connectivity index (χ3v) is 17.3. The van der Waals surface area contributed by atoms with Crippen molar-refractivity contribution < 1.29 is 28.5 Å². The second kappa shape index (κ2) is 23.0. The first-order valence-electron chi connectivity index (χ1n) is 28.0. The molecule has 0 radical (unpaired) electrons. The van der Waals surface area contributed by atoms with E-state index >= 15 is 0 Å². The summed E-state index contributed by atoms with van der Waals surface area (Å²) in [6.45, 7) is 26.9. The Morgan fingerprint density at radius 2 is 0.844 bits per heavy atom. The van der Waals surface area contributed by atoms with Crippen LogP contribution in [-0.2, 0) is 9.47 Å². The van der Waals surface area contributed by atoms with E-state index in [1.54, 1.807) is 0 Å². The molecule has 1 N–H and O–H groups in total. The van der Waals surface area contributed by atoms with E-state index in [-0.39, 0.29) is 12.2 Å². The van der Waals surface area contributed by atoms with Gasteiger partial charge in [-0.2, -0.15) is 0 Å². The average molecular weight is 1060 g/mol. The smallest absolute Gasteiger partial charge is 0.430 e. The molecule has 1 aromatic heterocycles. The molecule has 9 heteroatoms. The Labute approximate surface area is 459 Å². The summed E-state index contributed by atoms with van der Waals surface area (Å²) >= 11 is 0. The highest BCUT2D eigenvalue weighted by Gasteiger charge is 2.35. The fourth-order valence-electron chi connectivity index (χ4n) is 11.5. The van der Waals surface area contributed by atoms with E-state index in [9.17, 15) is 9.59 Å². The molecule has 0 amide bonds. The minimum atomic E-state index is -1.80. The number of carbonyl (C=O) groups excluding carboxylic acids is 2. The van der Waals surface area contributed by atoms with Crippen molar-refractivity contribution in [2.75, 3.05) is 0 Å². The van der Waals surface area contributed by atoms with Crippen molar-refractivity contribution in [2.45, 2.75) is 132 Å². The molecule has 2 fully saturated rings. The van der Waals surface area contributed by atoms with Gasteiger partial charge in [-0.25, -0.2) is 9.59 Å². The first-order chi connectivity index (χ1) is 36.7. The number of nitrogens with one attached hydrogen (secondary N) is 1. The summed E-state index contributed by atoms with van der Waals surface area (Å²) in [4.78, 5) is 30.3. The molecule has 7 nitrogen and oxygen atoms in total. The van der Waals surface area contributed by atoms with Gasteiger partial charge < -0.3 is 23.9 Å². The number of H-pyrrole nitrogens is 1. The number of aromatic amines is 1. The van der Waals surface area contributed by atoms with Crippen LogP contribution in [0.5, 0.6) is 11.5 Å². The molecule has 0 saturated heterocycles. The molecular weight excluding hydrogens is 983 g/mol. The molecule has 7 aromatic rings. The lowest BCUT2D eigenvalue weighted by Crippen LogP contribution is -2.36.